The SMILES string of the molecule is COc1ccc(C(F)(F)F)cc1SC. The summed E-state index contributed by atoms with van der Waals surface area (Å²) in [6, 6.07) is 3.43. The quantitative estimate of drug-likeness (QED) is 0.709. The Labute approximate surface area is 84.3 Å². The van der Waals surface area contributed by atoms with Gasteiger partial charge in [-0.2, -0.15) is 13.2 Å². The van der Waals surface area contributed by atoms with E-state index in [9.17, 15) is 13.2 Å². The fourth-order valence-corrected chi connectivity index (χ4v) is 1.61. The zero-order valence-corrected chi connectivity index (χ0v) is 8.50. The van der Waals surface area contributed by atoms with Gasteiger partial charge in [-0.25, -0.2) is 0 Å². The lowest BCUT2D eigenvalue weighted by Gasteiger charge is -2.10. The third kappa shape index (κ3) is 2.35. The van der Waals surface area contributed by atoms with Crippen LogP contribution in [0.15, 0.2) is 23.1 Å². The van der Waals surface area contributed by atoms with Crippen molar-refractivity contribution in [3.63, 3.8) is 0 Å². The molecule has 0 amide bonds. The maximum Gasteiger partial charge on any atom is 0.416 e. The van der Waals surface area contributed by atoms with E-state index in [4.69, 9.17) is 4.74 Å². The normalized spacial score (nSPS) is 11.5. The van der Waals surface area contributed by atoms with Gasteiger partial charge in [0.25, 0.3) is 0 Å². The smallest absolute Gasteiger partial charge is 0.416 e. The van der Waals surface area contributed by atoms with E-state index in [1.165, 1.54) is 24.9 Å². The Morgan fingerprint density at radius 2 is 1.93 bits per heavy atom. The molecule has 1 aromatic rings. The summed E-state index contributed by atoms with van der Waals surface area (Å²) >= 11 is 1.23. The highest BCUT2D eigenvalue weighted by molar-refractivity contribution is 7.98. The van der Waals surface area contributed by atoms with Crippen LogP contribution >= 0.6 is 11.8 Å². The lowest BCUT2D eigenvalue weighted by Crippen LogP contribution is -2.04. The summed E-state index contributed by atoms with van der Waals surface area (Å²) < 4.78 is 41.8. The Balaban J connectivity index is 3.14. The molecule has 14 heavy (non-hydrogen) atoms. The van der Waals surface area contributed by atoms with Gasteiger partial charge in [-0.3, -0.25) is 0 Å². The van der Waals surface area contributed by atoms with Gasteiger partial charge < -0.3 is 4.74 Å². The highest BCUT2D eigenvalue weighted by atomic mass is 32.2. The minimum Gasteiger partial charge on any atom is -0.496 e. The van der Waals surface area contributed by atoms with Crippen LogP contribution in [0, 0.1) is 0 Å². The lowest BCUT2D eigenvalue weighted by atomic mass is 10.2. The first-order valence-electron chi connectivity index (χ1n) is 3.78. The lowest BCUT2D eigenvalue weighted by molar-refractivity contribution is -0.137. The number of ether oxygens (including phenoxy) is 1. The van der Waals surface area contributed by atoms with Crippen molar-refractivity contribution in [2.24, 2.45) is 0 Å². The molecule has 1 aromatic carbocycles. The van der Waals surface area contributed by atoms with Crippen LogP contribution in [0.3, 0.4) is 0 Å². The second-order valence-electron chi connectivity index (χ2n) is 2.57. The van der Waals surface area contributed by atoms with Crippen molar-refractivity contribution < 1.29 is 17.9 Å². The van der Waals surface area contributed by atoms with E-state index in [0.717, 1.165) is 12.1 Å². The Morgan fingerprint density at radius 1 is 1.29 bits per heavy atom. The molecule has 1 nitrogen and oxygen atoms in total. The summed E-state index contributed by atoms with van der Waals surface area (Å²) in [5, 5.41) is 0. The monoisotopic (exact) mass is 222 g/mol. The molecule has 0 heterocycles. The number of methoxy groups -OCH3 is 1. The highest BCUT2D eigenvalue weighted by Crippen LogP contribution is 2.35. The van der Waals surface area contributed by atoms with E-state index in [0.29, 0.717) is 10.6 Å². The average Bonchev–Trinajstić information content (AvgIpc) is 2.15. The predicted octanol–water partition coefficient (Wildman–Crippen LogP) is 3.44. The van der Waals surface area contributed by atoms with Crippen molar-refractivity contribution in [3.8, 4) is 5.75 Å². The van der Waals surface area contributed by atoms with Crippen LogP contribution in [0.25, 0.3) is 0 Å². The molecule has 0 N–H and O–H groups in total. The molecule has 0 bridgehead atoms. The van der Waals surface area contributed by atoms with Gasteiger partial charge >= 0.3 is 6.18 Å². The van der Waals surface area contributed by atoms with Crippen molar-refractivity contribution >= 4 is 11.8 Å². The van der Waals surface area contributed by atoms with E-state index in [1.54, 1.807) is 6.26 Å². The summed E-state index contributed by atoms with van der Waals surface area (Å²) in [6.07, 6.45) is -2.59. The first-order chi connectivity index (χ1) is 6.49. The Morgan fingerprint density at radius 3 is 2.36 bits per heavy atom. The van der Waals surface area contributed by atoms with Crippen LogP contribution in [-0.4, -0.2) is 13.4 Å². The molecule has 0 unspecified atom stereocenters. The van der Waals surface area contributed by atoms with Crippen LogP contribution in [-0.2, 0) is 6.18 Å². The molecule has 0 aliphatic rings. The standard InChI is InChI=1S/C9H9F3OS/c1-13-7-4-3-6(9(10,11)12)5-8(7)14-2/h3-5H,1-2H3. The second-order valence-corrected chi connectivity index (χ2v) is 3.42. The molecule has 0 radical (unpaired) electrons. The van der Waals surface area contributed by atoms with Gasteiger partial charge in [0.2, 0.25) is 0 Å². The Bertz CT molecular complexity index is 322. The number of hydrogen-bond donors (Lipinski definition) is 0. The molecule has 0 aliphatic carbocycles. The maximum atomic E-state index is 12.3. The van der Waals surface area contributed by atoms with Crippen LogP contribution < -0.4 is 4.74 Å². The highest BCUT2D eigenvalue weighted by Gasteiger charge is 2.30. The van der Waals surface area contributed by atoms with E-state index in [1.807, 2.05) is 0 Å². The van der Waals surface area contributed by atoms with Crippen molar-refractivity contribution in [1.82, 2.24) is 0 Å². The molecule has 78 valence electrons. The molecule has 0 aromatic heterocycles. The summed E-state index contributed by atoms with van der Waals surface area (Å²) in [5.41, 5.74) is -0.650. The first-order valence-corrected chi connectivity index (χ1v) is 5.00. The molecule has 5 heteroatoms. The predicted molar refractivity (Wildman–Crippen MR) is 49.8 cm³/mol. The van der Waals surface area contributed by atoms with E-state index in [-0.39, 0.29) is 0 Å². The number of hydrogen-bond acceptors (Lipinski definition) is 2. The van der Waals surface area contributed by atoms with Crippen molar-refractivity contribution in [2.75, 3.05) is 13.4 Å². The summed E-state index contributed by atoms with van der Waals surface area (Å²) in [5.74, 6) is 0.463. The molecule has 0 atom stereocenters. The molecule has 0 aliphatic heterocycles. The molecule has 0 saturated carbocycles. The first kappa shape index (κ1) is 11.2. The van der Waals surface area contributed by atoms with Crippen LogP contribution in [0.1, 0.15) is 5.56 Å². The summed E-state index contributed by atoms with van der Waals surface area (Å²) in [6.45, 7) is 0. The van der Waals surface area contributed by atoms with E-state index in [2.05, 4.69) is 0 Å². The number of thioether (sulfide) groups is 1. The van der Waals surface area contributed by atoms with E-state index < -0.39 is 11.7 Å². The summed E-state index contributed by atoms with van der Waals surface area (Å²) in [4.78, 5) is 0.488. The zero-order chi connectivity index (χ0) is 10.8. The molecular weight excluding hydrogens is 213 g/mol. The summed E-state index contributed by atoms with van der Waals surface area (Å²) in [7, 11) is 1.43. The van der Waals surface area contributed by atoms with Gasteiger partial charge in [-0.1, -0.05) is 0 Å². The maximum absolute atomic E-state index is 12.3. The van der Waals surface area contributed by atoms with Gasteiger partial charge in [-0.05, 0) is 24.5 Å². The van der Waals surface area contributed by atoms with Crippen molar-refractivity contribution in [1.29, 1.82) is 0 Å². The van der Waals surface area contributed by atoms with Gasteiger partial charge in [-0.15, -0.1) is 11.8 Å². The third-order valence-electron chi connectivity index (χ3n) is 1.71. The molecule has 0 saturated heterocycles. The fourth-order valence-electron chi connectivity index (χ4n) is 1.01. The zero-order valence-electron chi connectivity index (χ0n) is 7.68. The van der Waals surface area contributed by atoms with Crippen LogP contribution in [0.2, 0.25) is 0 Å². The third-order valence-corrected chi connectivity index (χ3v) is 2.47. The molecule has 0 fully saturated rings. The average molecular weight is 222 g/mol. The van der Waals surface area contributed by atoms with Crippen molar-refractivity contribution in [2.45, 2.75) is 11.1 Å². The van der Waals surface area contributed by atoms with Crippen LogP contribution in [0.5, 0.6) is 5.75 Å². The number of halogens is 3. The minimum atomic E-state index is -4.29. The Kier molecular flexibility index (Phi) is 3.31. The number of rotatable bonds is 2. The molecule has 0 spiro atoms. The molecular formula is C9H9F3OS. The van der Waals surface area contributed by atoms with E-state index >= 15 is 0 Å². The number of alkyl halides is 3. The van der Waals surface area contributed by atoms with Gasteiger partial charge in [0.1, 0.15) is 5.75 Å². The number of benzene rings is 1. The van der Waals surface area contributed by atoms with Gasteiger partial charge in [0, 0.05) is 4.90 Å². The van der Waals surface area contributed by atoms with Crippen molar-refractivity contribution in [3.05, 3.63) is 23.8 Å². The fraction of sp³-hybridized carbons (Fsp3) is 0.333. The minimum absolute atomic E-state index is 0.463. The largest absolute Gasteiger partial charge is 0.496 e. The van der Waals surface area contributed by atoms with Gasteiger partial charge in [0.15, 0.2) is 0 Å². The molecule has 1 rings (SSSR count). The topological polar surface area (TPSA) is 9.23 Å². The van der Waals surface area contributed by atoms with Gasteiger partial charge in [0.05, 0.1) is 12.7 Å². The van der Waals surface area contributed by atoms with Crippen LogP contribution in [0.4, 0.5) is 13.2 Å². The second kappa shape index (κ2) is 4.13. The Hall–Kier alpha value is -0.840.